The van der Waals surface area contributed by atoms with Gasteiger partial charge in [0.1, 0.15) is 0 Å². The van der Waals surface area contributed by atoms with Crippen LogP contribution in [0.25, 0.3) is 0 Å². The molecule has 0 heterocycles. The summed E-state index contributed by atoms with van der Waals surface area (Å²) in [4.78, 5) is 0. The number of hydrogen-bond donors (Lipinski definition) is 0. The third kappa shape index (κ3) is 3.76. The van der Waals surface area contributed by atoms with Gasteiger partial charge in [-0.3, -0.25) is 0 Å². The summed E-state index contributed by atoms with van der Waals surface area (Å²) in [5, 5.41) is 0. The molecule has 0 saturated carbocycles. The minimum absolute atomic E-state index is 0.195. The van der Waals surface area contributed by atoms with Crippen LogP contribution in [0.1, 0.15) is 22.2 Å². The van der Waals surface area contributed by atoms with E-state index < -0.39 is 19.8 Å². The standard InChI is InChI=1S/C17H19F3Si/c1-21(2,3)16(13-7-5-4-6-8-13)14-9-11-15(12-10-14)17(18,19)20/h4-12,16H,1-3H3. The van der Waals surface area contributed by atoms with Crippen molar-refractivity contribution in [3.63, 3.8) is 0 Å². The van der Waals surface area contributed by atoms with Crippen molar-refractivity contribution in [2.75, 3.05) is 0 Å². The first kappa shape index (κ1) is 15.8. The molecule has 0 radical (unpaired) electrons. The van der Waals surface area contributed by atoms with E-state index in [1.165, 1.54) is 17.7 Å². The summed E-state index contributed by atoms with van der Waals surface area (Å²) in [6, 6.07) is 15.6. The Morgan fingerprint density at radius 3 is 1.67 bits per heavy atom. The van der Waals surface area contributed by atoms with Crippen LogP contribution in [-0.4, -0.2) is 8.07 Å². The van der Waals surface area contributed by atoms with Gasteiger partial charge in [0.05, 0.1) is 13.6 Å². The number of halogens is 3. The minimum Gasteiger partial charge on any atom is -0.166 e. The van der Waals surface area contributed by atoms with Crippen molar-refractivity contribution in [1.29, 1.82) is 0 Å². The van der Waals surface area contributed by atoms with Gasteiger partial charge < -0.3 is 0 Å². The Morgan fingerprint density at radius 2 is 1.24 bits per heavy atom. The highest BCUT2D eigenvalue weighted by Gasteiger charge is 2.32. The van der Waals surface area contributed by atoms with Crippen molar-refractivity contribution in [3.05, 3.63) is 71.3 Å². The average molecular weight is 308 g/mol. The molecule has 0 fully saturated rings. The van der Waals surface area contributed by atoms with Crippen molar-refractivity contribution in [3.8, 4) is 0 Å². The van der Waals surface area contributed by atoms with Crippen molar-refractivity contribution >= 4 is 8.07 Å². The molecule has 1 unspecified atom stereocenters. The van der Waals surface area contributed by atoms with E-state index in [-0.39, 0.29) is 5.54 Å². The highest BCUT2D eigenvalue weighted by molar-refractivity contribution is 6.78. The lowest BCUT2D eigenvalue weighted by Gasteiger charge is -2.30. The van der Waals surface area contributed by atoms with E-state index in [0.717, 1.165) is 5.56 Å². The van der Waals surface area contributed by atoms with E-state index >= 15 is 0 Å². The molecule has 1 atom stereocenters. The predicted molar refractivity (Wildman–Crippen MR) is 83.1 cm³/mol. The summed E-state index contributed by atoms with van der Waals surface area (Å²) < 4.78 is 38.1. The zero-order chi connectivity index (χ0) is 15.7. The summed E-state index contributed by atoms with van der Waals surface area (Å²) in [7, 11) is -1.61. The molecule has 0 aliphatic rings. The van der Waals surface area contributed by atoms with Crippen molar-refractivity contribution in [1.82, 2.24) is 0 Å². The van der Waals surface area contributed by atoms with Gasteiger partial charge in [-0.2, -0.15) is 13.2 Å². The van der Waals surface area contributed by atoms with E-state index in [4.69, 9.17) is 0 Å². The van der Waals surface area contributed by atoms with Gasteiger partial charge in [-0.15, -0.1) is 0 Å². The Kier molecular flexibility index (Phi) is 4.28. The Hall–Kier alpha value is -1.55. The lowest BCUT2D eigenvalue weighted by molar-refractivity contribution is -0.137. The Labute approximate surface area is 124 Å². The molecule has 112 valence electrons. The Bertz CT molecular complexity index is 580. The fourth-order valence-corrected chi connectivity index (χ4v) is 5.09. The SMILES string of the molecule is C[Si](C)(C)C(c1ccccc1)c1ccc(C(F)(F)F)cc1. The van der Waals surface area contributed by atoms with Crippen LogP contribution in [0.5, 0.6) is 0 Å². The van der Waals surface area contributed by atoms with E-state index in [1.807, 2.05) is 18.2 Å². The maximum absolute atomic E-state index is 12.7. The summed E-state index contributed by atoms with van der Waals surface area (Å²) >= 11 is 0. The third-order valence-electron chi connectivity index (χ3n) is 3.57. The average Bonchev–Trinajstić information content (AvgIpc) is 2.38. The normalized spacial score (nSPS) is 14.0. The molecule has 0 nitrogen and oxygen atoms in total. The molecule has 4 heteroatoms. The first-order valence-electron chi connectivity index (χ1n) is 6.92. The zero-order valence-electron chi connectivity index (χ0n) is 12.4. The molecular weight excluding hydrogens is 289 g/mol. The van der Waals surface area contributed by atoms with Gasteiger partial charge in [0.15, 0.2) is 0 Å². The Morgan fingerprint density at radius 1 is 0.762 bits per heavy atom. The van der Waals surface area contributed by atoms with Crippen LogP contribution in [0.2, 0.25) is 19.6 Å². The van der Waals surface area contributed by atoms with Gasteiger partial charge in [0.25, 0.3) is 0 Å². The quantitative estimate of drug-likeness (QED) is 0.637. The summed E-state index contributed by atoms with van der Waals surface area (Å²) in [6.45, 7) is 6.72. The predicted octanol–water partition coefficient (Wildman–Crippen LogP) is 5.71. The van der Waals surface area contributed by atoms with E-state index in [2.05, 4.69) is 31.8 Å². The fourth-order valence-electron chi connectivity index (χ4n) is 2.70. The van der Waals surface area contributed by atoms with Crippen LogP contribution < -0.4 is 0 Å². The molecule has 0 aliphatic heterocycles. The molecule has 2 rings (SSSR count). The largest absolute Gasteiger partial charge is 0.416 e. The van der Waals surface area contributed by atoms with Crippen LogP contribution in [0.3, 0.4) is 0 Å². The Balaban J connectivity index is 2.44. The molecule has 2 aromatic carbocycles. The van der Waals surface area contributed by atoms with Gasteiger partial charge in [0, 0.05) is 5.54 Å². The molecule has 21 heavy (non-hydrogen) atoms. The maximum Gasteiger partial charge on any atom is 0.416 e. The monoisotopic (exact) mass is 308 g/mol. The number of hydrogen-bond acceptors (Lipinski definition) is 0. The second-order valence-electron chi connectivity index (χ2n) is 6.33. The van der Waals surface area contributed by atoms with Crippen molar-refractivity contribution in [2.24, 2.45) is 0 Å². The van der Waals surface area contributed by atoms with Crippen molar-refractivity contribution in [2.45, 2.75) is 31.4 Å². The first-order chi connectivity index (χ1) is 9.69. The van der Waals surface area contributed by atoms with Crippen LogP contribution >= 0.6 is 0 Å². The molecule has 0 amide bonds. The minimum atomic E-state index is -4.28. The highest BCUT2D eigenvalue weighted by Crippen LogP contribution is 2.36. The molecule has 0 spiro atoms. The van der Waals surface area contributed by atoms with Gasteiger partial charge in [-0.25, -0.2) is 0 Å². The van der Waals surface area contributed by atoms with Gasteiger partial charge in [-0.05, 0) is 23.3 Å². The van der Waals surface area contributed by atoms with E-state index in [9.17, 15) is 13.2 Å². The lowest BCUT2D eigenvalue weighted by Crippen LogP contribution is -2.31. The van der Waals surface area contributed by atoms with Gasteiger partial charge in [0.2, 0.25) is 0 Å². The van der Waals surface area contributed by atoms with Crippen LogP contribution in [0.15, 0.2) is 54.6 Å². The van der Waals surface area contributed by atoms with E-state index in [1.54, 1.807) is 12.1 Å². The van der Waals surface area contributed by atoms with Crippen LogP contribution in [0, 0.1) is 0 Å². The topological polar surface area (TPSA) is 0 Å². The molecular formula is C17H19F3Si. The third-order valence-corrected chi connectivity index (χ3v) is 5.97. The lowest BCUT2D eigenvalue weighted by atomic mass is 10.0. The molecule has 2 aromatic rings. The van der Waals surface area contributed by atoms with Crippen molar-refractivity contribution < 1.29 is 13.2 Å². The number of benzene rings is 2. The second-order valence-corrected chi connectivity index (χ2v) is 11.6. The molecule has 0 saturated heterocycles. The fraction of sp³-hybridized carbons (Fsp3) is 0.294. The first-order valence-corrected chi connectivity index (χ1v) is 10.5. The summed E-state index contributed by atoms with van der Waals surface area (Å²) in [6.07, 6.45) is -4.28. The number of alkyl halides is 3. The molecule has 0 aliphatic carbocycles. The van der Waals surface area contributed by atoms with E-state index in [0.29, 0.717) is 0 Å². The second kappa shape index (κ2) is 5.68. The highest BCUT2D eigenvalue weighted by atomic mass is 28.3. The molecule has 0 bridgehead atoms. The molecule has 0 aromatic heterocycles. The van der Waals surface area contributed by atoms with Crippen LogP contribution in [-0.2, 0) is 6.18 Å². The summed E-state index contributed by atoms with van der Waals surface area (Å²) in [5.41, 5.74) is 1.75. The zero-order valence-corrected chi connectivity index (χ0v) is 13.4. The summed E-state index contributed by atoms with van der Waals surface area (Å²) in [5.74, 6) is 0. The van der Waals surface area contributed by atoms with Crippen LogP contribution in [0.4, 0.5) is 13.2 Å². The van der Waals surface area contributed by atoms with Gasteiger partial charge >= 0.3 is 6.18 Å². The smallest absolute Gasteiger partial charge is 0.166 e. The number of rotatable bonds is 3. The van der Waals surface area contributed by atoms with Gasteiger partial charge in [-0.1, -0.05) is 62.1 Å². The molecule has 0 N–H and O–H groups in total. The maximum atomic E-state index is 12.7.